The van der Waals surface area contributed by atoms with Gasteiger partial charge in [0.2, 0.25) is 0 Å². The van der Waals surface area contributed by atoms with Crippen LogP contribution >= 0.6 is 0 Å². The standard InChI is InChI=1S/C17H25NO4/c1-4-9-15(17(20)21-5-2)18-13(3)16(19)22-12-14-10-7-6-8-11-14/h6-8,10-11,13,15,18H,4-5,9,12H2,1-3H3/t13-,15+/m0/s1. The highest BCUT2D eigenvalue weighted by molar-refractivity contribution is 5.79. The molecule has 1 aromatic rings. The summed E-state index contributed by atoms with van der Waals surface area (Å²) >= 11 is 0. The van der Waals surface area contributed by atoms with E-state index in [1.54, 1.807) is 13.8 Å². The number of carbonyl (C=O) groups excluding carboxylic acids is 2. The van der Waals surface area contributed by atoms with Crippen molar-refractivity contribution in [3.8, 4) is 0 Å². The van der Waals surface area contributed by atoms with Gasteiger partial charge in [0.1, 0.15) is 18.7 Å². The first-order chi connectivity index (χ1) is 10.6. The predicted octanol–water partition coefficient (Wildman–Crippen LogP) is 2.44. The van der Waals surface area contributed by atoms with Gasteiger partial charge in [-0.1, -0.05) is 43.7 Å². The van der Waals surface area contributed by atoms with Gasteiger partial charge < -0.3 is 9.47 Å². The third kappa shape index (κ3) is 6.26. The van der Waals surface area contributed by atoms with Crippen molar-refractivity contribution < 1.29 is 19.1 Å². The first-order valence-electron chi connectivity index (χ1n) is 7.71. The van der Waals surface area contributed by atoms with Crippen molar-refractivity contribution in [2.24, 2.45) is 0 Å². The molecule has 0 aliphatic carbocycles. The Morgan fingerprint density at radius 1 is 1.09 bits per heavy atom. The summed E-state index contributed by atoms with van der Waals surface area (Å²) in [5.41, 5.74) is 0.929. The molecular weight excluding hydrogens is 282 g/mol. The highest BCUT2D eigenvalue weighted by Crippen LogP contribution is 2.05. The number of benzene rings is 1. The summed E-state index contributed by atoms with van der Waals surface area (Å²) in [7, 11) is 0. The molecule has 22 heavy (non-hydrogen) atoms. The Labute approximate surface area is 132 Å². The number of esters is 2. The van der Waals surface area contributed by atoms with E-state index in [-0.39, 0.29) is 18.5 Å². The minimum atomic E-state index is -0.565. The Balaban J connectivity index is 2.48. The average Bonchev–Trinajstić information content (AvgIpc) is 2.53. The van der Waals surface area contributed by atoms with Gasteiger partial charge in [-0.05, 0) is 25.8 Å². The highest BCUT2D eigenvalue weighted by Gasteiger charge is 2.24. The molecular formula is C17H25NO4. The molecule has 0 saturated carbocycles. The van der Waals surface area contributed by atoms with Gasteiger partial charge in [-0.15, -0.1) is 0 Å². The Morgan fingerprint density at radius 2 is 1.77 bits per heavy atom. The van der Waals surface area contributed by atoms with Crippen LogP contribution in [-0.2, 0) is 25.7 Å². The number of carbonyl (C=O) groups is 2. The number of ether oxygens (including phenoxy) is 2. The van der Waals surface area contributed by atoms with Gasteiger partial charge in [-0.2, -0.15) is 0 Å². The van der Waals surface area contributed by atoms with Crippen LogP contribution in [0, 0.1) is 0 Å². The SMILES string of the molecule is CCC[C@@H](N[C@@H](C)C(=O)OCc1ccccc1)C(=O)OCC. The maximum atomic E-state index is 12.0. The van der Waals surface area contributed by atoms with Crippen LogP contribution in [-0.4, -0.2) is 30.6 Å². The maximum absolute atomic E-state index is 12.0. The van der Waals surface area contributed by atoms with E-state index in [9.17, 15) is 9.59 Å². The lowest BCUT2D eigenvalue weighted by atomic mass is 10.1. The first-order valence-corrected chi connectivity index (χ1v) is 7.71. The van der Waals surface area contributed by atoms with Crippen LogP contribution in [0.3, 0.4) is 0 Å². The largest absolute Gasteiger partial charge is 0.465 e. The molecule has 122 valence electrons. The summed E-state index contributed by atoms with van der Waals surface area (Å²) in [5, 5.41) is 2.99. The molecule has 0 aromatic heterocycles. The van der Waals surface area contributed by atoms with Gasteiger partial charge in [-0.25, -0.2) is 0 Å². The molecule has 0 heterocycles. The molecule has 5 nitrogen and oxygen atoms in total. The lowest BCUT2D eigenvalue weighted by Crippen LogP contribution is -2.46. The second-order valence-electron chi connectivity index (χ2n) is 5.07. The number of nitrogens with one attached hydrogen (secondary N) is 1. The van der Waals surface area contributed by atoms with Crippen molar-refractivity contribution in [2.75, 3.05) is 6.61 Å². The third-order valence-corrected chi connectivity index (χ3v) is 3.18. The fourth-order valence-electron chi connectivity index (χ4n) is 2.02. The van der Waals surface area contributed by atoms with Gasteiger partial charge in [-0.3, -0.25) is 14.9 Å². The molecule has 0 spiro atoms. The van der Waals surface area contributed by atoms with E-state index in [4.69, 9.17) is 9.47 Å². The molecule has 1 aromatic carbocycles. The molecule has 0 radical (unpaired) electrons. The Kier molecular flexibility index (Phi) is 8.22. The normalized spacial score (nSPS) is 13.2. The molecule has 0 aliphatic rings. The van der Waals surface area contributed by atoms with E-state index in [1.807, 2.05) is 37.3 Å². The van der Waals surface area contributed by atoms with Crippen LogP contribution in [0.25, 0.3) is 0 Å². The third-order valence-electron chi connectivity index (χ3n) is 3.18. The second kappa shape index (κ2) is 9.95. The van der Waals surface area contributed by atoms with E-state index in [2.05, 4.69) is 5.32 Å². The van der Waals surface area contributed by atoms with Crippen LogP contribution in [0.5, 0.6) is 0 Å². The predicted molar refractivity (Wildman–Crippen MR) is 84.2 cm³/mol. The van der Waals surface area contributed by atoms with Crippen LogP contribution < -0.4 is 5.32 Å². The number of hydrogen-bond donors (Lipinski definition) is 1. The molecule has 0 saturated heterocycles. The molecule has 1 N–H and O–H groups in total. The molecule has 5 heteroatoms. The molecule has 1 rings (SSSR count). The Morgan fingerprint density at radius 3 is 2.36 bits per heavy atom. The van der Waals surface area contributed by atoms with Gasteiger partial charge >= 0.3 is 11.9 Å². The van der Waals surface area contributed by atoms with E-state index < -0.39 is 12.1 Å². The van der Waals surface area contributed by atoms with Crippen molar-refractivity contribution in [3.63, 3.8) is 0 Å². The average molecular weight is 307 g/mol. The molecule has 0 amide bonds. The van der Waals surface area contributed by atoms with Crippen molar-refractivity contribution >= 4 is 11.9 Å². The molecule has 0 aliphatic heterocycles. The van der Waals surface area contributed by atoms with Gasteiger partial charge in [0.25, 0.3) is 0 Å². The molecule has 0 bridgehead atoms. The Bertz CT molecular complexity index is 461. The highest BCUT2D eigenvalue weighted by atomic mass is 16.5. The molecule has 0 unspecified atom stereocenters. The summed E-state index contributed by atoms with van der Waals surface area (Å²) in [4.78, 5) is 23.8. The quantitative estimate of drug-likeness (QED) is 0.710. The van der Waals surface area contributed by atoms with Gasteiger partial charge in [0.05, 0.1) is 6.61 Å². The van der Waals surface area contributed by atoms with E-state index in [1.165, 1.54) is 0 Å². The topological polar surface area (TPSA) is 64.6 Å². The number of rotatable bonds is 9. The lowest BCUT2D eigenvalue weighted by Gasteiger charge is -2.20. The zero-order chi connectivity index (χ0) is 16.4. The fourth-order valence-corrected chi connectivity index (χ4v) is 2.02. The van der Waals surface area contributed by atoms with E-state index in [0.29, 0.717) is 13.0 Å². The van der Waals surface area contributed by atoms with Crippen molar-refractivity contribution in [1.82, 2.24) is 5.32 Å². The van der Waals surface area contributed by atoms with E-state index in [0.717, 1.165) is 12.0 Å². The summed E-state index contributed by atoms with van der Waals surface area (Å²) in [6, 6.07) is 8.43. The number of hydrogen-bond acceptors (Lipinski definition) is 5. The Hall–Kier alpha value is -1.88. The van der Waals surface area contributed by atoms with E-state index >= 15 is 0 Å². The monoisotopic (exact) mass is 307 g/mol. The lowest BCUT2D eigenvalue weighted by molar-refractivity contribution is -0.149. The van der Waals surface area contributed by atoms with Crippen LogP contribution in [0.1, 0.15) is 39.2 Å². The van der Waals surface area contributed by atoms with Crippen molar-refractivity contribution in [2.45, 2.75) is 52.3 Å². The minimum Gasteiger partial charge on any atom is -0.465 e. The van der Waals surface area contributed by atoms with Gasteiger partial charge in [0, 0.05) is 0 Å². The zero-order valence-electron chi connectivity index (χ0n) is 13.5. The summed E-state index contributed by atoms with van der Waals surface area (Å²) in [6.07, 6.45) is 1.44. The fraction of sp³-hybridized carbons (Fsp3) is 0.529. The maximum Gasteiger partial charge on any atom is 0.323 e. The summed E-state index contributed by atoms with van der Waals surface area (Å²) < 4.78 is 10.3. The molecule has 2 atom stereocenters. The zero-order valence-corrected chi connectivity index (χ0v) is 13.5. The van der Waals surface area contributed by atoms with Gasteiger partial charge in [0.15, 0.2) is 0 Å². The minimum absolute atomic E-state index is 0.226. The molecule has 0 fully saturated rings. The summed E-state index contributed by atoms with van der Waals surface area (Å²) in [6.45, 7) is 5.98. The van der Waals surface area contributed by atoms with Crippen LogP contribution in [0.4, 0.5) is 0 Å². The van der Waals surface area contributed by atoms with Crippen LogP contribution in [0.2, 0.25) is 0 Å². The smallest absolute Gasteiger partial charge is 0.323 e. The van der Waals surface area contributed by atoms with Crippen LogP contribution in [0.15, 0.2) is 30.3 Å². The van der Waals surface area contributed by atoms with Crippen molar-refractivity contribution in [3.05, 3.63) is 35.9 Å². The summed E-state index contributed by atoms with van der Waals surface area (Å²) in [5.74, 6) is -0.707. The van der Waals surface area contributed by atoms with Crippen molar-refractivity contribution in [1.29, 1.82) is 0 Å². The second-order valence-corrected chi connectivity index (χ2v) is 5.07. The first kappa shape index (κ1) is 18.2.